The topological polar surface area (TPSA) is 68.5 Å². The molecule has 2 aromatic heterocycles. The predicted molar refractivity (Wildman–Crippen MR) is 84.6 cm³/mol. The van der Waals surface area contributed by atoms with E-state index < -0.39 is 0 Å². The molecule has 2 aromatic rings. The van der Waals surface area contributed by atoms with Gasteiger partial charge in [0.05, 0.1) is 18.8 Å². The smallest absolute Gasteiger partial charge is 0.255 e. The number of nitrogens with zero attached hydrogens (tertiary/aromatic N) is 3. The first-order valence-corrected chi connectivity index (χ1v) is 8.90. The maximum Gasteiger partial charge on any atom is 0.255 e. The van der Waals surface area contributed by atoms with Crippen LogP contribution in [0.4, 0.5) is 0 Å². The molecule has 1 amide bonds. The molecule has 0 bridgehead atoms. The van der Waals surface area contributed by atoms with E-state index in [1.165, 1.54) is 23.3 Å². The van der Waals surface area contributed by atoms with Gasteiger partial charge in [-0.25, -0.2) is 0 Å². The van der Waals surface area contributed by atoms with E-state index in [9.17, 15) is 4.79 Å². The molecule has 122 valence electrons. The van der Waals surface area contributed by atoms with Gasteiger partial charge in [-0.2, -0.15) is 0 Å². The molecular weight excluding hydrogens is 314 g/mol. The van der Waals surface area contributed by atoms with Crippen molar-refractivity contribution in [3.8, 4) is 0 Å². The summed E-state index contributed by atoms with van der Waals surface area (Å²) < 4.78 is 11.1. The van der Waals surface area contributed by atoms with Gasteiger partial charge in [0, 0.05) is 23.7 Å². The van der Waals surface area contributed by atoms with Crippen molar-refractivity contribution in [2.45, 2.75) is 38.6 Å². The van der Waals surface area contributed by atoms with Crippen LogP contribution in [0.1, 0.15) is 51.5 Å². The maximum absolute atomic E-state index is 13.1. The molecule has 1 atom stereocenters. The monoisotopic (exact) mass is 333 g/mol. The number of fused-ring (bicyclic) bond motifs is 1. The minimum absolute atomic E-state index is 0.0635. The number of aryl methyl sites for hydroxylation is 2. The van der Waals surface area contributed by atoms with Crippen molar-refractivity contribution in [1.82, 2.24) is 15.1 Å². The minimum Gasteiger partial charge on any atom is -0.423 e. The zero-order chi connectivity index (χ0) is 15.8. The van der Waals surface area contributed by atoms with Crippen molar-refractivity contribution >= 4 is 17.2 Å². The number of rotatable bonds is 2. The molecular formula is C16H19N3O3S. The van der Waals surface area contributed by atoms with Crippen molar-refractivity contribution in [3.05, 3.63) is 33.2 Å². The summed E-state index contributed by atoms with van der Waals surface area (Å²) in [7, 11) is 0. The van der Waals surface area contributed by atoms with Gasteiger partial charge in [-0.1, -0.05) is 0 Å². The lowest BCUT2D eigenvalue weighted by molar-refractivity contribution is -0.0106. The third-order valence-corrected chi connectivity index (χ3v) is 5.60. The zero-order valence-electron chi connectivity index (χ0n) is 13.1. The number of ether oxygens (including phenoxy) is 1. The number of morpholine rings is 1. The van der Waals surface area contributed by atoms with E-state index in [1.807, 2.05) is 10.3 Å². The third kappa shape index (κ3) is 2.68. The highest BCUT2D eigenvalue weighted by Crippen LogP contribution is 2.33. The molecule has 1 fully saturated rings. The van der Waals surface area contributed by atoms with Crippen LogP contribution in [-0.4, -0.2) is 40.8 Å². The summed E-state index contributed by atoms with van der Waals surface area (Å²) in [6.45, 7) is 3.25. The largest absolute Gasteiger partial charge is 0.423 e. The molecule has 0 spiro atoms. The van der Waals surface area contributed by atoms with Crippen LogP contribution in [0.3, 0.4) is 0 Å². The van der Waals surface area contributed by atoms with Crippen molar-refractivity contribution in [2.24, 2.45) is 0 Å². The number of aromatic nitrogens is 2. The SMILES string of the molecule is Cc1nnc(C2COCCN2C(=O)c2csc3c2CCCC3)o1. The highest BCUT2D eigenvalue weighted by Gasteiger charge is 2.34. The quantitative estimate of drug-likeness (QED) is 0.845. The first-order valence-electron chi connectivity index (χ1n) is 8.02. The van der Waals surface area contributed by atoms with Crippen molar-refractivity contribution in [1.29, 1.82) is 0 Å². The number of carbonyl (C=O) groups is 1. The second kappa shape index (κ2) is 6.05. The third-order valence-electron chi connectivity index (χ3n) is 4.51. The van der Waals surface area contributed by atoms with Crippen LogP contribution in [0.25, 0.3) is 0 Å². The second-order valence-corrected chi connectivity index (χ2v) is 6.97. The number of hydrogen-bond donors (Lipinski definition) is 0. The fourth-order valence-electron chi connectivity index (χ4n) is 3.33. The van der Waals surface area contributed by atoms with Gasteiger partial charge in [0.2, 0.25) is 11.8 Å². The lowest BCUT2D eigenvalue weighted by Gasteiger charge is -2.33. The Hall–Kier alpha value is -1.73. The van der Waals surface area contributed by atoms with Crippen molar-refractivity contribution in [2.75, 3.05) is 19.8 Å². The predicted octanol–water partition coefficient (Wildman–Crippen LogP) is 2.53. The summed E-state index contributed by atoms with van der Waals surface area (Å²) in [6, 6.07) is -0.295. The molecule has 1 saturated heterocycles. The van der Waals surface area contributed by atoms with Crippen LogP contribution in [0, 0.1) is 6.92 Å². The van der Waals surface area contributed by atoms with Gasteiger partial charge in [0.15, 0.2) is 0 Å². The molecule has 2 aliphatic rings. The van der Waals surface area contributed by atoms with Gasteiger partial charge in [-0.15, -0.1) is 21.5 Å². The van der Waals surface area contributed by atoms with Crippen LogP contribution in [0.5, 0.6) is 0 Å². The Morgan fingerprint density at radius 1 is 1.35 bits per heavy atom. The summed E-state index contributed by atoms with van der Waals surface area (Å²) in [5.41, 5.74) is 2.10. The van der Waals surface area contributed by atoms with Gasteiger partial charge in [-0.3, -0.25) is 4.79 Å². The molecule has 1 aliphatic carbocycles. The summed E-state index contributed by atoms with van der Waals surface area (Å²) in [5.74, 6) is 1.03. The van der Waals surface area contributed by atoms with Crippen molar-refractivity contribution < 1.29 is 13.9 Å². The molecule has 4 rings (SSSR count). The Labute approximate surface area is 138 Å². The second-order valence-electron chi connectivity index (χ2n) is 6.01. The van der Waals surface area contributed by atoms with Gasteiger partial charge < -0.3 is 14.1 Å². The molecule has 1 unspecified atom stereocenters. The standard InChI is InChI=1S/C16H19N3O3S/c1-10-17-18-15(22-10)13-8-21-7-6-19(13)16(20)12-9-23-14-5-3-2-4-11(12)14/h9,13H,2-8H2,1H3. The zero-order valence-corrected chi connectivity index (χ0v) is 13.9. The van der Waals surface area contributed by atoms with Crippen LogP contribution >= 0.6 is 11.3 Å². The van der Waals surface area contributed by atoms with E-state index in [0.717, 1.165) is 18.4 Å². The lowest BCUT2D eigenvalue weighted by atomic mass is 9.95. The minimum atomic E-state index is -0.295. The first kappa shape index (κ1) is 14.8. The number of hydrogen-bond acceptors (Lipinski definition) is 6. The Kier molecular flexibility index (Phi) is 3.90. The Balaban J connectivity index is 1.64. The van der Waals surface area contributed by atoms with Gasteiger partial charge in [-0.05, 0) is 31.2 Å². The van der Waals surface area contributed by atoms with Gasteiger partial charge in [0.25, 0.3) is 5.91 Å². The van der Waals surface area contributed by atoms with Gasteiger partial charge >= 0.3 is 0 Å². The summed E-state index contributed by atoms with van der Waals surface area (Å²) in [6.07, 6.45) is 4.50. The Morgan fingerprint density at radius 3 is 3.04 bits per heavy atom. The van der Waals surface area contributed by atoms with E-state index in [-0.39, 0.29) is 11.9 Å². The average Bonchev–Trinajstić information content (AvgIpc) is 3.20. The molecule has 0 N–H and O–H groups in total. The van der Waals surface area contributed by atoms with Crippen LogP contribution in [0.2, 0.25) is 0 Å². The Bertz CT molecular complexity index is 724. The molecule has 0 radical (unpaired) electrons. The summed E-state index contributed by atoms with van der Waals surface area (Å²) in [4.78, 5) is 16.3. The molecule has 6 nitrogen and oxygen atoms in total. The Morgan fingerprint density at radius 2 is 2.22 bits per heavy atom. The normalized spacial score (nSPS) is 21.3. The van der Waals surface area contributed by atoms with E-state index in [4.69, 9.17) is 9.15 Å². The van der Waals surface area contributed by atoms with Crippen LogP contribution in [-0.2, 0) is 17.6 Å². The number of amides is 1. The highest BCUT2D eigenvalue weighted by molar-refractivity contribution is 7.10. The molecule has 3 heterocycles. The number of carbonyl (C=O) groups excluding carboxylic acids is 1. The fraction of sp³-hybridized carbons (Fsp3) is 0.562. The molecule has 7 heteroatoms. The molecule has 1 aliphatic heterocycles. The first-order chi connectivity index (χ1) is 11.2. The van der Waals surface area contributed by atoms with E-state index in [0.29, 0.717) is 31.5 Å². The van der Waals surface area contributed by atoms with Crippen molar-refractivity contribution in [3.63, 3.8) is 0 Å². The summed E-state index contributed by atoms with van der Waals surface area (Å²) in [5, 5.41) is 9.98. The molecule has 0 saturated carbocycles. The van der Waals surface area contributed by atoms with Crippen LogP contribution < -0.4 is 0 Å². The number of thiophene rings is 1. The molecule has 0 aromatic carbocycles. The lowest BCUT2D eigenvalue weighted by Crippen LogP contribution is -2.43. The van der Waals surface area contributed by atoms with Crippen LogP contribution in [0.15, 0.2) is 9.80 Å². The van der Waals surface area contributed by atoms with E-state index >= 15 is 0 Å². The highest BCUT2D eigenvalue weighted by atomic mass is 32.1. The molecule has 23 heavy (non-hydrogen) atoms. The van der Waals surface area contributed by atoms with Gasteiger partial charge in [0.1, 0.15) is 6.04 Å². The fourth-order valence-corrected chi connectivity index (χ4v) is 4.45. The maximum atomic E-state index is 13.1. The van der Waals surface area contributed by atoms with E-state index in [1.54, 1.807) is 18.3 Å². The average molecular weight is 333 g/mol. The summed E-state index contributed by atoms with van der Waals surface area (Å²) >= 11 is 1.72. The van der Waals surface area contributed by atoms with E-state index in [2.05, 4.69) is 10.2 Å².